The molecule has 0 aromatic heterocycles. The first-order valence-electron chi connectivity index (χ1n) is 9.06. The molecule has 3 rings (SSSR count). The summed E-state index contributed by atoms with van der Waals surface area (Å²) in [5.41, 5.74) is -0.524. The number of likely N-dealkylation sites (tertiary alicyclic amines) is 1. The average Bonchev–Trinajstić information content (AvgIpc) is 3.06. The molecule has 5 atom stereocenters. The van der Waals surface area contributed by atoms with Crippen molar-refractivity contribution in [2.75, 3.05) is 0 Å². The molecule has 5 nitrogen and oxygen atoms in total. The van der Waals surface area contributed by atoms with Gasteiger partial charge in [0.1, 0.15) is 11.6 Å². The minimum atomic E-state index is -0.524. The van der Waals surface area contributed by atoms with Crippen molar-refractivity contribution in [1.29, 1.82) is 0 Å². The number of nitrogens with one attached hydrogen (secondary N) is 1. The van der Waals surface area contributed by atoms with Gasteiger partial charge in [0.25, 0.3) is 0 Å². The number of fused-ring (bicyclic) bond motifs is 1. The Morgan fingerprint density at radius 2 is 1.87 bits per heavy atom. The highest BCUT2D eigenvalue weighted by molar-refractivity contribution is 5.87. The van der Waals surface area contributed by atoms with Gasteiger partial charge in [-0.05, 0) is 58.3 Å². The number of hydrogen-bond donors (Lipinski definition) is 1. The van der Waals surface area contributed by atoms with Crippen molar-refractivity contribution < 1.29 is 14.3 Å². The molecule has 0 radical (unpaired) electrons. The second kappa shape index (κ2) is 5.99. The van der Waals surface area contributed by atoms with Crippen LogP contribution in [0.3, 0.4) is 0 Å². The summed E-state index contributed by atoms with van der Waals surface area (Å²) >= 11 is 0. The van der Waals surface area contributed by atoms with Crippen LogP contribution in [-0.2, 0) is 9.53 Å². The highest BCUT2D eigenvalue weighted by atomic mass is 16.6. The van der Waals surface area contributed by atoms with Crippen molar-refractivity contribution in [2.45, 2.75) is 89.9 Å². The largest absolute Gasteiger partial charge is 0.444 e. The fourth-order valence-electron chi connectivity index (χ4n) is 4.13. The third-order valence-corrected chi connectivity index (χ3v) is 5.29. The molecule has 2 amide bonds. The van der Waals surface area contributed by atoms with Gasteiger partial charge in [-0.2, -0.15) is 0 Å². The Morgan fingerprint density at radius 3 is 2.52 bits per heavy atom. The van der Waals surface area contributed by atoms with Gasteiger partial charge in [-0.15, -0.1) is 0 Å². The van der Waals surface area contributed by atoms with Gasteiger partial charge in [0, 0.05) is 12.1 Å². The first-order chi connectivity index (χ1) is 10.7. The van der Waals surface area contributed by atoms with Gasteiger partial charge in [-0.3, -0.25) is 9.69 Å². The number of carbonyl (C=O) groups is 2. The smallest absolute Gasteiger partial charge is 0.411 e. The van der Waals surface area contributed by atoms with Crippen LogP contribution in [0.4, 0.5) is 4.79 Å². The van der Waals surface area contributed by atoms with Crippen LogP contribution in [0.5, 0.6) is 0 Å². The quantitative estimate of drug-likeness (QED) is 0.850. The zero-order valence-electron chi connectivity index (χ0n) is 14.8. The molecule has 2 aliphatic carbocycles. The van der Waals surface area contributed by atoms with E-state index in [0.717, 1.165) is 25.7 Å². The minimum Gasteiger partial charge on any atom is -0.444 e. The van der Waals surface area contributed by atoms with Gasteiger partial charge >= 0.3 is 6.09 Å². The summed E-state index contributed by atoms with van der Waals surface area (Å²) in [4.78, 5) is 26.9. The third kappa shape index (κ3) is 3.81. The fourth-order valence-corrected chi connectivity index (χ4v) is 4.13. The molecule has 2 saturated carbocycles. The maximum Gasteiger partial charge on any atom is 0.411 e. The van der Waals surface area contributed by atoms with Crippen LogP contribution in [-0.4, -0.2) is 40.6 Å². The van der Waals surface area contributed by atoms with Crippen molar-refractivity contribution in [3.05, 3.63) is 0 Å². The van der Waals surface area contributed by atoms with Crippen LogP contribution in [0.2, 0.25) is 0 Å². The second-order valence-electron chi connectivity index (χ2n) is 8.68. The van der Waals surface area contributed by atoms with Crippen LogP contribution >= 0.6 is 0 Å². The van der Waals surface area contributed by atoms with Crippen molar-refractivity contribution in [2.24, 2.45) is 11.8 Å². The molecule has 3 fully saturated rings. The Labute approximate surface area is 139 Å². The van der Waals surface area contributed by atoms with Gasteiger partial charge in [0.15, 0.2) is 0 Å². The summed E-state index contributed by atoms with van der Waals surface area (Å²) in [5, 5.41) is 3.19. The van der Waals surface area contributed by atoms with E-state index in [4.69, 9.17) is 4.74 Å². The normalized spacial score (nSPS) is 36.3. The van der Waals surface area contributed by atoms with E-state index in [1.807, 2.05) is 20.8 Å². The van der Waals surface area contributed by atoms with E-state index in [-0.39, 0.29) is 30.1 Å². The van der Waals surface area contributed by atoms with E-state index in [2.05, 4.69) is 12.2 Å². The summed E-state index contributed by atoms with van der Waals surface area (Å²) in [6.07, 6.45) is 6.02. The maximum atomic E-state index is 12.7. The maximum absolute atomic E-state index is 12.7. The van der Waals surface area contributed by atoms with Gasteiger partial charge < -0.3 is 10.1 Å². The predicted octanol–water partition coefficient (Wildman–Crippen LogP) is 3.08. The Balaban J connectivity index is 1.61. The Hall–Kier alpha value is -1.26. The molecule has 0 aromatic carbocycles. The average molecular weight is 322 g/mol. The van der Waals surface area contributed by atoms with Crippen LogP contribution in [0.15, 0.2) is 0 Å². The highest BCUT2D eigenvalue weighted by Gasteiger charge is 2.57. The Kier molecular flexibility index (Phi) is 4.32. The number of amides is 2. The molecule has 23 heavy (non-hydrogen) atoms. The highest BCUT2D eigenvalue weighted by Crippen LogP contribution is 2.48. The lowest BCUT2D eigenvalue weighted by Crippen LogP contribution is -2.52. The lowest BCUT2D eigenvalue weighted by molar-refractivity contribution is -0.127. The SMILES string of the molecule is C[C@@H]1CCC[C@@H](NC(=O)[C@@H]2C[C@H]3C[C@H]3N2C(=O)OC(C)(C)C)C1. The molecule has 1 N–H and O–H groups in total. The van der Waals surface area contributed by atoms with E-state index >= 15 is 0 Å². The van der Waals surface area contributed by atoms with E-state index in [1.54, 1.807) is 4.90 Å². The van der Waals surface area contributed by atoms with Crippen molar-refractivity contribution in [3.8, 4) is 0 Å². The number of rotatable bonds is 2. The van der Waals surface area contributed by atoms with Crippen LogP contribution in [0.1, 0.15) is 66.2 Å². The second-order valence-corrected chi connectivity index (χ2v) is 8.68. The van der Waals surface area contributed by atoms with Crippen LogP contribution < -0.4 is 5.32 Å². The standard InChI is InChI=1S/C18H30N2O3/c1-11-6-5-7-13(8-11)19-16(21)15-10-12-9-14(12)20(15)17(22)23-18(2,3)4/h11-15H,5-10H2,1-4H3,(H,19,21)/t11-,12-,13-,14-,15+/m1/s1. The van der Waals surface area contributed by atoms with Crippen molar-refractivity contribution >= 4 is 12.0 Å². The molecule has 0 aromatic rings. The van der Waals surface area contributed by atoms with Gasteiger partial charge in [0.2, 0.25) is 5.91 Å². The predicted molar refractivity (Wildman–Crippen MR) is 87.9 cm³/mol. The van der Waals surface area contributed by atoms with Gasteiger partial charge in [-0.25, -0.2) is 4.79 Å². The summed E-state index contributed by atoms with van der Waals surface area (Å²) < 4.78 is 5.51. The summed E-state index contributed by atoms with van der Waals surface area (Å²) in [5.74, 6) is 1.18. The van der Waals surface area contributed by atoms with E-state index in [9.17, 15) is 9.59 Å². The fraction of sp³-hybridized carbons (Fsp3) is 0.889. The molecule has 1 aliphatic heterocycles. The molecule has 1 saturated heterocycles. The third-order valence-electron chi connectivity index (χ3n) is 5.29. The Morgan fingerprint density at radius 1 is 1.13 bits per heavy atom. The van der Waals surface area contributed by atoms with Gasteiger partial charge in [0.05, 0.1) is 0 Å². The monoisotopic (exact) mass is 322 g/mol. The first-order valence-corrected chi connectivity index (χ1v) is 9.06. The summed E-state index contributed by atoms with van der Waals surface area (Å²) in [6.45, 7) is 7.84. The molecular formula is C18H30N2O3. The van der Waals surface area contributed by atoms with Crippen molar-refractivity contribution in [3.63, 3.8) is 0 Å². The molecule has 5 heteroatoms. The first kappa shape index (κ1) is 16.6. The molecule has 0 bridgehead atoms. The zero-order valence-corrected chi connectivity index (χ0v) is 14.8. The molecule has 0 spiro atoms. The molecular weight excluding hydrogens is 292 g/mol. The van der Waals surface area contributed by atoms with E-state index in [0.29, 0.717) is 11.8 Å². The zero-order chi connectivity index (χ0) is 16.8. The molecule has 3 aliphatic rings. The molecule has 1 heterocycles. The molecule has 130 valence electrons. The van der Waals surface area contributed by atoms with Crippen LogP contribution in [0.25, 0.3) is 0 Å². The lowest BCUT2D eigenvalue weighted by atomic mass is 9.87. The Bertz CT molecular complexity index is 485. The molecule has 0 unspecified atom stereocenters. The summed E-state index contributed by atoms with van der Waals surface area (Å²) in [6, 6.07) is 0.139. The topological polar surface area (TPSA) is 58.6 Å². The lowest BCUT2D eigenvalue weighted by Gasteiger charge is -2.32. The van der Waals surface area contributed by atoms with E-state index < -0.39 is 5.60 Å². The number of carbonyl (C=O) groups excluding carboxylic acids is 2. The van der Waals surface area contributed by atoms with E-state index in [1.165, 1.54) is 12.8 Å². The van der Waals surface area contributed by atoms with Crippen LogP contribution in [0, 0.1) is 11.8 Å². The van der Waals surface area contributed by atoms with Gasteiger partial charge in [-0.1, -0.05) is 19.8 Å². The number of hydrogen-bond acceptors (Lipinski definition) is 3. The van der Waals surface area contributed by atoms with Crippen molar-refractivity contribution in [1.82, 2.24) is 10.2 Å². The number of nitrogens with zero attached hydrogens (tertiary/aromatic N) is 1. The number of ether oxygens (including phenoxy) is 1. The summed E-state index contributed by atoms with van der Waals surface area (Å²) in [7, 11) is 0. The number of piperidine rings is 1. The minimum absolute atomic E-state index is 0.0159.